The SMILES string of the molecule is COCCOC(=N)c1cnc(NC(=O)NC[C@H](C)c2ccccc2)cc1N. The van der Waals surface area contributed by atoms with Crippen molar-refractivity contribution in [1.82, 2.24) is 10.3 Å². The molecule has 1 aromatic carbocycles. The topological polar surface area (TPSA) is 122 Å². The lowest BCUT2D eigenvalue weighted by molar-refractivity contribution is 0.141. The molecule has 0 spiro atoms. The minimum Gasteiger partial charge on any atom is -0.475 e. The molecule has 1 atom stereocenters. The van der Waals surface area contributed by atoms with Gasteiger partial charge in [-0.25, -0.2) is 9.78 Å². The third-order valence-electron chi connectivity index (χ3n) is 3.89. The van der Waals surface area contributed by atoms with E-state index in [4.69, 9.17) is 20.6 Å². The lowest BCUT2D eigenvalue weighted by atomic mass is 10.0. The second kappa shape index (κ2) is 10.1. The van der Waals surface area contributed by atoms with Gasteiger partial charge in [-0.2, -0.15) is 0 Å². The molecular weight excluding hydrogens is 346 g/mol. The molecule has 0 aliphatic carbocycles. The monoisotopic (exact) mass is 371 g/mol. The average molecular weight is 371 g/mol. The molecule has 0 aliphatic heterocycles. The van der Waals surface area contributed by atoms with Gasteiger partial charge in [0, 0.05) is 31.6 Å². The van der Waals surface area contributed by atoms with Crippen LogP contribution in [0.2, 0.25) is 0 Å². The fraction of sp³-hybridized carbons (Fsp3) is 0.316. The number of aromatic nitrogens is 1. The maximum absolute atomic E-state index is 12.1. The van der Waals surface area contributed by atoms with Gasteiger partial charge in [0.05, 0.1) is 12.2 Å². The number of urea groups is 1. The van der Waals surface area contributed by atoms with Gasteiger partial charge < -0.3 is 20.5 Å². The Bertz CT molecular complexity index is 767. The summed E-state index contributed by atoms with van der Waals surface area (Å²) in [6.45, 7) is 3.14. The van der Waals surface area contributed by atoms with Crippen molar-refractivity contribution in [3.63, 3.8) is 0 Å². The maximum atomic E-state index is 12.1. The Morgan fingerprint density at radius 1 is 1.30 bits per heavy atom. The highest BCUT2D eigenvalue weighted by molar-refractivity contribution is 5.97. The Hall–Kier alpha value is -3.13. The van der Waals surface area contributed by atoms with Crippen molar-refractivity contribution >= 4 is 23.4 Å². The number of anilines is 2. The molecule has 8 nitrogen and oxygen atoms in total. The van der Waals surface area contributed by atoms with Crippen molar-refractivity contribution in [3.05, 3.63) is 53.7 Å². The van der Waals surface area contributed by atoms with Crippen LogP contribution in [0.4, 0.5) is 16.3 Å². The zero-order valence-electron chi connectivity index (χ0n) is 15.5. The van der Waals surface area contributed by atoms with Crippen LogP contribution in [0.5, 0.6) is 0 Å². The van der Waals surface area contributed by atoms with E-state index in [2.05, 4.69) is 15.6 Å². The second-order valence-electron chi connectivity index (χ2n) is 5.97. The molecule has 0 radical (unpaired) electrons. The maximum Gasteiger partial charge on any atom is 0.320 e. The zero-order valence-corrected chi connectivity index (χ0v) is 15.5. The third-order valence-corrected chi connectivity index (χ3v) is 3.89. The summed E-state index contributed by atoms with van der Waals surface area (Å²) in [5.74, 6) is 0.387. The van der Waals surface area contributed by atoms with E-state index in [9.17, 15) is 4.79 Å². The van der Waals surface area contributed by atoms with Crippen LogP contribution in [0.1, 0.15) is 24.0 Å². The molecule has 0 bridgehead atoms. The Kier molecular flexibility index (Phi) is 7.57. The average Bonchev–Trinajstić information content (AvgIpc) is 2.67. The van der Waals surface area contributed by atoms with Gasteiger partial charge in [-0.05, 0) is 11.5 Å². The number of rotatable bonds is 8. The number of amides is 2. The van der Waals surface area contributed by atoms with E-state index < -0.39 is 0 Å². The summed E-state index contributed by atoms with van der Waals surface area (Å²) in [5, 5.41) is 13.3. The molecule has 1 heterocycles. The van der Waals surface area contributed by atoms with Crippen LogP contribution in [-0.4, -0.2) is 43.8 Å². The zero-order chi connectivity index (χ0) is 19.6. The highest BCUT2D eigenvalue weighted by Crippen LogP contribution is 2.16. The smallest absolute Gasteiger partial charge is 0.320 e. The first kappa shape index (κ1) is 20.2. The van der Waals surface area contributed by atoms with Crippen LogP contribution in [0.15, 0.2) is 42.6 Å². The first-order valence-electron chi connectivity index (χ1n) is 8.57. The van der Waals surface area contributed by atoms with Crippen molar-refractivity contribution < 1.29 is 14.3 Å². The minimum absolute atomic E-state index is 0.0928. The Morgan fingerprint density at radius 2 is 2.04 bits per heavy atom. The molecule has 0 saturated heterocycles. The van der Waals surface area contributed by atoms with Crippen LogP contribution in [-0.2, 0) is 9.47 Å². The summed E-state index contributed by atoms with van der Waals surface area (Å²) < 4.78 is 10.1. The van der Waals surface area contributed by atoms with Crippen molar-refractivity contribution in [1.29, 1.82) is 5.41 Å². The molecule has 0 saturated carbocycles. The third kappa shape index (κ3) is 6.27. The van der Waals surface area contributed by atoms with Crippen LogP contribution >= 0.6 is 0 Å². The lowest BCUT2D eigenvalue weighted by Crippen LogP contribution is -2.32. The first-order valence-corrected chi connectivity index (χ1v) is 8.57. The number of benzene rings is 1. The second-order valence-corrected chi connectivity index (χ2v) is 5.97. The number of carbonyl (C=O) groups is 1. The van der Waals surface area contributed by atoms with E-state index in [0.717, 1.165) is 5.56 Å². The van der Waals surface area contributed by atoms with Crippen LogP contribution in [0.25, 0.3) is 0 Å². The lowest BCUT2D eigenvalue weighted by Gasteiger charge is -2.14. The number of ether oxygens (including phenoxy) is 2. The predicted molar refractivity (Wildman–Crippen MR) is 105 cm³/mol. The summed E-state index contributed by atoms with van der Waals surface area (Å²) >= 11 is 0. The highest BCUT2D eigenvalue weighted by atomic mass is 16.5. The van der Waals surface area contributed by atoms with E-state index in [1.807, 2.05) is 37.3 Å². The summed E-state index contributed by atoms with van der Waals surface area (Å²) in [6, 6.07) is 11.1. The standard InChI is InChI=1S/C19H25N5O3/c1-13(14-6-4-3-5-7-14)11-23-19(25)24-17-10-16(20)15(12-22-17)18(21)27-9-8-26-2/h3-7,10,12-13,21H,8-9,11H2,1-2H3,(H4,20,22,23,24,25)/t13-/m0/s1. The van der Waals surface area contributed by atoms with E-state index >= 15 is 0 Å². The van der Waals surface area contributed by atoms with Gasteiger partial charge in [0.25, 0.3) is 0 Å². The largest absolute Gasteiger partial charge is 0.475 e. The van der Waals surface area contributed by atoms with Crippen molar-refractivity contribution in [2.75, 3.05) is 37.9 Å². The number of hydrogen-bond donors (Lipinski definition) is 4. The van der Waals surface area contributed by atoms with Gasteiger partial charge in [-0.3, -0.25) is 10.7 Å². The van der Waals surface area contributed by atoms with Crippen LogP contribution in [0, 0.1) is 5.41 Å². The summed E-state index contributed by atoms with van der Waals surface area (Å²) in [7, 11) is 1.55. The highest BCUT2D eigenvalue weighted by Gasteiger charge is 2.12. The van der Waals surface area contributed by atoms with E-state index in [1.165, 1.54) is 12.3 Å². The van der Waals surface area contributed by atoms with E-state index in [-0.39, 0.29) is 24.5 Å². The molecule has 0 fully saturated rings. The molecule has 5 N–H and O–H groups in total. The number of pyridine rings is 1. The fourth-order valence-electron chi connectivity index (χ4n) is 2.34. The van der Waals surface area contributed by atoms with Gasteiger partial charge >= 0.3 is 6.03 Å². The van der Waals surface area contributed by atoms with Gasteiger partial charge in [0.2, 0.25) is 5.90 Å². The molecule has 0 unspecified atom stereocenters. The quantitative estimate of drug-likeness (QED) is 0.323. The molecule has 144 valence electrons. The Labute approximate surface area is 158 Å². The van der Waals surface area contributed by atoms with Gasteiger partial charge in [-0.15, -0.1) is 0 Å². The fourth-order valence-corrected chi connectivity index (χ4v) is 2.34. The predicted octanol–water partition coefficient (Wildman–Crippen LogP) is 2.58. The van der Waals surface area contributed by atoms with Gasteiger partial charge in [0.15, 0.2) is 0 Å². The molecule has 0 aliphatic rings. The number of nitrogen functional groups attached to an aromatic ring is 1. The molecule has 1 aromatic heterocycles. The van der Waals surface area contributed by atoms with Gasteiger partial charge in [-0.1, -0.05) is 37.3 Å². The Morgan fingerprint density at radius 3 is 2.70 bits per heavy atom. The first-order chi connectivity index (χ1) is 13.0. The summed E-state index contributed by atoms with van der Waals surface area (Å²) in [5.41, 5.74) is 7.73. The molecule has 2 amide bonds. The van der Waals surface area contributed by atoms with Crippen LogP contribution in [0.3, 0.4) is 0 Å². The van der Waals surface area contributed by atoms with Crippen molar-refractivity contribution in [2.24, 2.45) is 0 Å². The number of nitrogens with zero attached hydrogens (tertiary/aromatic N) is 1. The number of methoxy groups -OCH3 is 1. The minimum atomic E-state index is -0.371. The Balaban J connectivity index is 1.86. The van der Waals surface area contributed by atoms with Gasteiger partial charge in [0.1, 0.15) is 12.4 Å². The van der Waals surface area contributed by atoms with E-state index in [1.54, 1.807) is 7.11 Å². The summed E-state index contributed by atoms with van der Waals surface area (Å²) in [4.78, 5) is 16.2. The molecule has 2 rings (SSSR count). The normalized spacial score (nSPS) is 11.5. The number of carbonyl (C=O) groups excluding carboxylic acids is 1. The molecule has 27 heavy (non-hydrogen) atoms. The summed E-state index contributed by atoms with van der Waals surface area (Å²) in [6.07, 6.45) is 1.40. The van der Waals surface area contributed by atoms with E-state index in [0.29, 0.717) is 30.2 Å². The van der Waals surface area contributed by atoms with Crippen molar-refractivity contribution in [3.8, 4) is 0 Å². The number of hydrogen-bond acceptors (Lipinski definition) is 6. The number of nitrogens with one attached hydrogen (secondary N) is 3. The van der Waals surface area contributed by atoms with Crippen molar-refractivity contribution in [2.45, 2.75) is 12.8 Å². The van der Waals surface area contributed by atoms with Crippen LogP contribution < -0.4 is 16.4 Å². The number of nitrogens with two attached hydrogens (primary N) is 1. The molecular formula is C19H25N5O3. The molecule has 8 heteroatoms. The molecule has 2 aromatic rings.